The van der Waals surface area contributed by atoms with Gasteiger partial charge in [0.25, 0.3) is 0 Å². The van der Waals surface area contributed by atoms with E-state index in [-0.39, 0.29) is 5.69 Å². The second-order valence-electron chi connectivity index (χ2n) is 6.43. The van der Waals surface area contributed by atoms with Gasteiger partial charge in [0.15, 0.2) is 5.75 Å². The van der Waals surface area contributed by atoms with E-state index in [1.54, 1.807) is 12.1 Å². The van der Waals surface area contributed by atoms with Crippen molar-refractivity contribution in [3.63, 3.8) is 0 Å². The highest BCUT2D eigenvalue weighted by Crippen LogP contribution is 2.34. The Kier molecular flexibility index (Phi) is 4.90. The van der Waals surface area contributed by atoms with E-state index in [0.717, 1.165) is 38.3 Å². The lowest BCUT2D eigenvalue weighted by molar-refractivity contribution is -0.385. The Hall–Kier alpha value is -1.82. The Morgan fingerprint density at radius 3 is 2.64 bits per heavy atom. The molecule has 122 valence electrons. The summed E-state index contributed by atoms with van der Waals surface area (Å²) in [4.78, 5) is 15.1. The van der Waals surface area contributed by atoms with Crippen molar-refractivity contribution in [1.82, 2.24) is 4.90 Å². The van der Waals surface area contributed by atoms with Crippen LogP contribution in [-0.2, 0) is 0 Å². The van der Waals surface area contributed by atoms with Crippen LogP contribution < -0.4 is 9.64 Å². The molecule has 22 heavy (non-hydrogen) atoms. The SMILES string of the molecule is CCN(CCC1(C)CN(C)C1)c1ccc([N+](=O)[O-])c(OC)c1. The van der Waals surface area contributed by atoms with Crippen LogP contribution in [0.3, 0.4) is 0 Å². The van der Waals surface area contributed by atoms with Gasteiger partial charge in [-0.2, -0.15) is 0 Å². The molecule has 1 aliphatic heterocycles. The summed E-state index contributed by atoms with van der Waals surface area (Å²) >= 11 is 0. The molecule has 1 heterocycles. The fraction of sp³-hybridized carbons (Fsp3) is 0.625. The van der Waals surface area contributed by atoms with E-state index in [9.17, 15) is 10.1 Å². The first-order chi connectivity index (χ1) is 10.4. The van der Waals surface area contributed by atoms with Crippen LogP contribution >= 0.6 is 0 Å². The third-order valence-corrected chi connectivity index (χ3v) is 4.40. The molecule has 0 saturated carbocycles. The van der Waals surface area contributed by atoms with Crippen LogP contribution in [0.4, 0.5) is 11.4 Å². The van der Waals surface area contributed by atoms with Crippen LogP contribution in [0.2, 0.25) is 0 Å². The van der Waals surface area contributed by atoms with Crippen molar-refractivity contribution >= 4 is 11.4 Å². The Labute approximate surface area is 131 Å². The van der Waals surface area contributed by atoms with Gasteiger partial charge >= 0.3 is 5.69 Å². The normalized spacial score (nSPS) is 16.9. The van der Waals surface area contributed by atoms with Gasteiger partial charge < -0.3 is 14.5 Å². The first-order valence-corrected chi connectivity index (χ1v) is 7.64. The lowest BCUT2D eigenvalue weighted by atomic mass is 9.79. The number of benzene rings is 1. The molecule has 0 aliphatic carbocycles. The topological polar surface area (TPSA) is 58.9 Å². The van der Waals surface area contributed by atoms with E-state index < -0.39 is 4.92 Å². The van der Waals surface area contributed by atoms with Crippen molar-refractivity contribution in [1.29, 1.82) is 0 Å². The summed E-state index contributed by atoms with van der Waals surface area (Å²) in [5.41, 5.74) is 1.36. The Balaban J connectivity index is 2.08. The fourth-order valence-electron chi connectivity index (χ4n) is 3.30. The number of ether oxygens (including phenoxy) is 1. The van der Waals surface area contributed by atoms with Crippen molar-refractivity contribution in [2.24, 2.45) is 5.41 Å². The average molecular weight is 307 g/mol. The molecule has 1 aromatic carbocycles. The second kappa shape index (κ2) is 6.52. The summed E-state index contributed by atoms with van der Waals surface area (Å²) in [5, 5.41) is 11.0. The van der Waals surface area contributed by atoms with E-state index in [1.165, 1.54) is 13.2 Å². The Morgan fingerprint density at radius 1 is 1.45 bits per heavy atom. The molecule has 0 aromatic heterocycles. The average Bonchev–Trinajstić information content (AvgIpc) is 2.46. The summed E-state index contributed by atoms with van der Waals surface area (Å²) in [7, 11) is 3.61. The van der Waals surface area contributed by atoms with Gasteiger partial charge in [0.05, 0.1) is 12.0 Å². The van der Waals surface area contributed by atoms with E-state index in [4.69, 9.17) is 4.74 Å². The van der Waals surface area contributed by atoms with Crippen molar-refractivity contribution < 1.29 is 9.66 Å². The van der Waals surface area contributed by atoms with E-state index >= 15 is 0 Å². The number of nitrogens with zero attached hydrogens (tertiary/aromatic N) is 3. The summed E-state index contributed by atoms with van der Waals surface area (Å²) in [6.07, 6.45) is 1.12. The number of anilines is 1. The van der Waals surface area contributed by atoms with Gasteiger partial charge in [0.2, 0.25) is 0 Å². The summed E-state index contributed by atoms with van der Waals surface area (Å²) < 4.78 is 5.16. The number of hydrogen-bond donors (Lipinski definition) is 0. The van der Waals surface area contributed by atoms with Crippen molar-refractivity contribution in [3.05, 3.63) is 28.3 Å². The smallest absolute Gasteiger partial charge is 0.311 e. The maximum Gasteiger partial charge on any atom is 0.311 e. The van der Waals surface area contributed by atoms with Crippen molar-refractivity contribution in [2.45, 2.75) is 20.3 Å². The zero-order chi connectivity index (χ0) is 16.3. The highest BCUT2D eigenvalue weighted by molar-refractivity contribution is 5.59. The first-order valence-electron chi connectivity index (χ1n) is 7.64. The standard InChI is InChI=1S/C16H25N3O3/c1-5-18(9-8-16(2)11-17(3)12-16)13-6-7-14(19(20)21)15(10-13)22-4/h6-7,10H,5,8-9,11-12H2,1-4H3. The maximum atomic E-state index is 11.0. The van der Waals surface area contributed by atoms with Crippen LogP contribution in [0.1, 0.15) is 20.3 Å². The summed E-state index contributed by atoms with van der Waals surface area (Å²) in [6, 6.07) is 5.09. The van der Waals surface area contributed by atoms with Crippen LogP contribution in [0.15, 0.2) is 18.2 Å². The molecule has 6 nitrogen and oxygen atoms in total. The van der Waals surface area contributed by atoms with E-state index in [2.05, 4.69) is 30.7 Å². The monoisotopic (exact) mass is 307 g/mol. The molecule has 0 spiro atoms. The zero-order valence-electron chi connectivity index (χ0n) is 13.8. The second-order valence-corrected chi connectivity index (χ2v) is 6.43. The molecule has 2 rings (SSSR count). The van der Waals surface area contributed by atoms with E-state index in [1.807, 2.05) is 0 Å². The predicted octanol–water partition coefficient (Wildman–Crippen LogP) is 2.77. The minimum absolute atomic E-state index is 0.00915. The maximum absolute atomic E-state index is 11.0. The number of likely N-dealkylation sites (tertiary alicyclic amines) is 1. The number of nitro benzene ring substituents is 1. The number of hydrogen-bond acceptors (Lipinski definition) is 5. The lowest BCUT2D eigenvalue weighted by Gasteiger charge is -2.47. The van der Waals surface area contributed by atoms with Gasteiger partial charge in [0, 0.05) is 44.0 Å². The minimum Gasteiger partial charge on any atom is -0.490 e. The van der Waals surface area contributed by atoms with Gasteiger partial charge in [-0.1, -0.05) is 6.92 Å². The van der Waals surface area contributed by atoms with Crippen LogP contribution in [0.25, 0.3) is 0 Å². The van der Waals surface area contributed by atoms with Gasteiger partial charge in [-0.15, -0.1) is 0 Å². The fourth-order valence-corrected chi connectivity index (χ4v) is 3.30. The summed E-state index contributed by atoms with van der Waals surface area (Å²) in [5.74, 6) is 0.315. The third-order valence-electron chi connectivity index (χ3n) is 4.40. The van der Waals surface area contributed by atoms with Gasteiger partial charge in [-0.05, 0) is 31.9 Å². The molecule has 6 heteroatoms. The van der Waals surface area contributed by atoms with Gasteiger partial charge in [-0.25, -0.2) is 0 Å². The van der Waals surface area contributed by atoms with Gasteiger partial charge in [0.1, 0.15) is 0 Å². The number of nitro groups is 1. The highest BCUT2D eigenvalue weighted by atomic mass is 16.6. The molecule has 1 fully saturated rings. The molecule has 0 amide bonds. The number of rotatable bonds is 7. The first kappa shape index (κ1) is 16.5. The van der Waals surface area contributed by atoms with Crippen LogP contribution in [-0.4, -0.2) is 50.2 Å². The third kappa shape index (κ3) is 3.50. The number of methoxy groups -OCH3 is 1. The predicted molar refractivity (Wildman–Crippen MR) is 87.8 cm³/mol. The molecule has 0 radical (unpaired) electrons. The molecule has 0 N–H and O–H groups in total. The molecule has 1 aliphatic rings. The van der Waals surface area contributed by atoms with Crippen LogP contribution in [0.5, 0.6) is 5.75 Å². The highest BCUT2D eigenvalue weighted by Gasteiger charge is 2.36. The molecule has 1 saturated heterocycles. The van der Waals surface area contributed by atoms with Crippen molar-refractivity contribution in [3.8, 4) is 5.75 Å². The molecular weight excluding hydrogens is 282 g/mol. The Morgan fingerprint density at radius 2 is 2.14 bits per heavy atom. The minimum atomic E-state index is -0.413. The van der Waals surface area contributed by atoms with Crippen molar-refractivity contribution in [2.75, 3.05) is 45.2 Å². The largest absolute Gasteiger partial charge is 0.490 e. The molecular formula is C16H25N3O3. The molecule has 0 unspecified atom stereocenters. The quantitative estimate of drug-likeness (QED) is 0.572. The van der Waals surface area contributed by atoms with Gasteiger partial charge in [-0.3, -0.25) is 10.1 Å². The molecule has 0 atom stereocenters. The summed E-state index contributed by atoms with van der Waals surface area (Å²) in [6.45, 7) is 8.50. The lowest BCUT2D eigenvalue weighted by Crippen LogP contribution is -2.53. The van der Waals surface area contributed by atoms with Crippen LogP contribution in [0, 0.1) is 15.5 Å². The molecule has 0 bridgehead atoms. The molecule has 1 aromatic rings. The zero-order valence-corrected chi connectivity index (χ0v) is 13.8. The Bertz CT molecular complexity index is 541. The van der Waals surface area contributed by atoms with E-state index in [0.29, 0.717) is 11.2 Å².